The summed E-state index contributed by atoms with van der Waals surface area (Å²) in [6.07, 6.45) is 5.19. The second-order valence-electron chi connectivity index (χ2n) is 10.0. The number of likely N-dealkylation sites (tertiary alicyclic amines) is 2. The molecule has 174 valence electrons. The smallest absolute Gasteiger partial charge is 0.319 e. The molecule has 2 saturated heterocycles. The summed E-state index contributed by atoms with van der Waals surface area (Å²) in [5.41, 5.74) is 3.50. The Kier molecular flexibility index (Phi) is 5.85. The molecule has 2 aromatic carbocycles. The molecule has 0 radical (unpaired) electrons. The van der Waals surface area contributed by atoms with E-state index in [1.54, 1.807) is 19.0 Å². The molecule has 2 fully saturated rings. The Hall–Kier alpha value is -2.89. The lowest BCUT2D eigenvalue weighted by atomic mass is 9.86. The maximum absolute atomic E-state index is 13.6. The van der Waals surface area contributed by atoms with E-state index in [-0.39, 0.29) is 29.6 Å². The lowest BCUT2D eigenvalue weighted by molar-refractivity contribution is -0.138. The summed E-state index contributed by atoms with van der Waals surface area (Å²) in [5, 5.41) is 2.35. The molecule has 1 atom stereocenters. The zero-order valence-electron chi connectivity index (χ0n) is 19.7. The highest BCUT2D eigenvalue weighted by atomic mass is 16.2. The third-order valence-corrected chi connectivity index (χ3v) is 7.74. The molecule has 0 N–H and O–H groups in total. The third-order valence-electron chi connectivity index (χ3n) is 7.74. The van der Waals surface area contributed by atoms with Crippen LogP contribution in [0.25, 0.3) is 10.8 Å². The lowest BCUT2D eigenvalue weighted by Crippen LogP contribution is -2.49. The quantitative estimate of drug-likeness (QED) is 0.674. The van der Waals surface area contributed by atoms with Crippen LogP contribution in [-0.4, -0.2) is 72.7 Å². The van der Waals surface area contributed by atoms with E-state index in [2.05, 4.69) is 24.3 Å². The molecule has 3 aliphatic rings. The molecule has 0 spiro atoms. The van der Waals surface area contributed by atoms with Crippen molar-refractivity contribution in [3.63, 3.8) is 0 Å². The Balaban J connectivity index is 1.27. The first-order chi connectivity index (χ1) is 15.9. The summed E-state index contributed by atoms with van der Waals surface area (Å²) in [6, 6.07) is 10.5. The number of nitrogens with zero attached hydrogens (tertiary/aromatic N) is 3. The van der Waals surface area contributed by atoms with E-state index in [1.807, 2.05) is 15.9 Å². The number of carbonyl (C=O) groups is 3. The molecule has 0 aromatic heterocycles. The van der Waals surface area contributed by atoms with Crippen LogP contribution in [0.3, 0.4) is 0 Å². The highest BCUT2D eigenvalue weighted by Gasteiger charge is 2.35. The molecule has 2 aromatic rings. The van der Waals surface area contributed by atoms with Gasteiger partial charge >= 0.3 is 6.03 Å². The van der Waals surface area contributed by atoms with Crippen LogP contribution in [0.4, 0.5) is 4.79 Å². The molecular formula is C27H33N3O3. The summed E-state index contributed by atoms with van der Waals surface area (Å²) in [7, 11) is 3.51. The normalized spacial score (nSPS) is 20.8. The van der Waals surface area contributed by atoms with Crippen molar-refractivity contribution in [3.8, 4) is 0 Å². The number of rotatable bonds is 3. The van der Waals surface area contributed by atoms with Crippen molar-refractivity contribution in [2.45, 2.75) is 38.5 Å². The molecule has 2 heterocycles. The van der Waals surface area contributed by atoms with Crippen LogP contribution >= 0.6 is 0 Å². The van der Waals surface area contributed by atoms with Crippen LogP contribution in [0.2, 0.25) is 0 Å². The molecule has 2 aliphatic heterocycles. The Morgan fingerprint density at radius 3 is 2.30 bits per heavy atom. The van der Waals surface area contributed by atoms with Crippen LogP contribution < -0.4 is 0 Å². The van der Waals surface area contributed by atoms with E-state index in [0.29, 0.717) is 32.5 Å². The van der Waals surface area contributed by atoms with Crippen molar-refractivity contribution in [1.29, 1.82) is 0 Å². The minimum Gasteiger partial charge on any atom is -0.342 e. The Bertz CT molecular complexity index is 1090. The van der Waals surface area contributed by atoms with E-state index in [0.717, 1.165) is 43.2 Å². The fourth-order valence-corrected chi connectivity index (χ4v) is 5.93. The van der Waals surface area contributed by atoms with Crippen molar-refractivity contribution in [2.75, 3.05) is 40.3 Å². The summed E-state index contributed by atoms with van der Waals surface area (Å²) in [4.78, 5) is 44.4. The maximum Gasteiger partial charge on any atom is 0.319 e. The van der Waals surface area contributed by atoms with E-state index >= 15 is 0 Å². The first-order valence-corrected chi connectivity index (χ1v) is 12.3. The van der Waals surface area contributed by atoms with Gasteiger partial charge < -0.3 is 14.7 Å². The predicted molar refractivity (Wildman–Crippen MR) is 128 cm³/mol. The Labute approximate surface area is 195 Å². The van der Waals surface area contributed by atoms with E-state index < -0.39 is 0 Å². The largest absolute Gasteiger partial charge is 0.342 e. The molecule has 6 heteroatoms. The second-order valence-corrected chi connectivity index (χ2v) is 10.0. The monoisotopic (exact) mass is 447 g/mol. The van der Waals surface area contributed by atoms with Crippen LogP contribution in [-0.2, 0) is 17.6 Å². The van der Waals surface area contributed by atoms with E-state index in [4.69, 9.17) is 0 Å². The van der Waals surface area contributed by atoms with Gasteiger partial charge in [-0.3, -0.25) is 9.59 Å². The third kappa shape index (κ3) is 4.00. The van der Waals surface area contributed by atoms with Gasteiger partial charge in [-0.25, -0.2) is 4.79 Å². The van der Waals surface area contributed by atoms with Gasteiger partial charge in [0.05, 0.1) is 0 Å². The number of carbonyl (C=O) groups excluding carboxylic acids is 3. The molecule has 5 rings (SSSR count). The molecule has 33 heavy (non-hydrogen) atoms. The lowest BCUT2D eigenvalue weighted by Gasteiger charge is -2.38. The minimum atomic E-state index is -0.142. The van der Waals surface area contributed by atoms with Crippen molar-refractivity contribution in [3.05, 3.63) is 47.0 Å². The van der Waals surface area contributed by atoms with Crippen LogP contribution in [0, 0.1) is 11.8 Å². The molecule has 0 bridgehead atoms. The van der Waals surface area contributed by atoms with Gasteiger partial charge in [-0.15, -0.1) is 0 Å². The van der Waals surface area contributed by atoms with Gasteiger partial charge in [-0.1, -0.05) is 30.3 Å². The van der Waals surface area contributed by atoms with Gasteiger partial charge in [0, 0.05) is 57.7 Å². The molecule has 6 nitrogen and oxygen atoms in total. The Morgan fingerprint density at radius 2 is 1.58 bits per heavy atom. The van der Waals surface area contributed by atoms with Gasteiger partial charge in [0.25, 0.3) is 0 Å². The van der Waals surface area contributed by atoms with E-state index in [9.17, 15) is 14.4 Å². The summed E-state index contributed by atoms with van der Waals surface area (Å²) in [6.45, 7) is 2.47. The second kappa shape index (κ2) is 8.81. The summed E-state index contributed by atoms with van der Waals surface area (Å²) < 4.78 is 0. The maximum atomic E-state index is 13.6. The standard InChI is InChI=1S/C27H33N3O3/c1-28(2)27(33)29-15-12-20(13-16-29)26(32)30-14-4-6-21(17-30)25(31)23-11-10-19-9-8-18-5-3-7-22(23)24(18)19/h3,5,7,10-11,20-21H,4,6,8-9,12-17H2,1-2H3/t21-/m1/s1. The molecule has 3 amide bonds. The Morgan fingerprint density at radius 1 is 0.848 bits per heavy atom. The number of Topliss-reactive ketones (excluding diaryl/α,β-unsaturated/α-hetero) is 1. The number of ketones is 1. The topological polar surface area (TPSA) is 60.9 Å². The van der Waals surface area contributed by atoms with Crippen molar-refractivity contribution >= 4 is 28.5 Å². The van der Waals surface area contributed by atoms with Crippen molar-refractivity contribution < 1.29 is 14.4 Å². The highest BCUT2D eigenvalue weighted by Crippen LogP contribution is 2.35. The molecule has 0 saturated carbocycles. The number of benzene rings is 2. The predicted octanol–water partition coefficient (Wildman–Crippen LogP) is 3.75. The fourth-order valence-electron chi connectivity index (χ4n) is 5.93. The van der Waals surface area contributed by atoms with Gasteiger partial charge in [-0.2, -0.15) is 0 Å². The number of aryl methyl sites for hydroxylation is 2. The summed E-state index contributed by atoms with van der Waals surface area (Å²) in [5.74, 6) is 0.137. The van der Waals surface area contributed by atoms with Crippen molar-refractivity contribution in [2.24, 2.45) is 11.8 Å². The number of hydrogen-bond donors (Lipinski definition) is 0. The first-order valence-electron chi connectivity index (χ1n) is 12.3. The average molecular weight is 448 g/mol. The van der Waals surface area contributed by atoms with Gasteiger partial charge in [0.1, 0.15) is 0 Å². The summed E-state index contributed by atoms with van der Waals surface area (Å²) >= 11 is 0. The SMILES string of the molecule is CN(C)C(=O)N1CCC(C(=O)N2CCC[C@@H](C(=O)c3ccc4c5c(cccc35)CC4)C2)CC1. The zero-order chi connectivity index (χ0) is 23.1. The number of hydrogen-bond acceptors (Lipinski definition) is 3. The molecule has 0 unspecified atom stereocenters. The first kappa shape index (κ1) is 21.9. The number of piperidine rings is 2. The molecular weight excluding hydrogens is 414 g/mol. The van der Waals surface area contributed by atoms with Gasteiger partial charge in [-0.05, 0) is 60.4 Å². The fraction of sp³-hybridized carbons (Fsp3) is 0.519. The van der Waals surface area contributed by atoms with Gasteiger partial charge in [0.2, 0.25) is 5.91 Å². The zero-order valence-corrected chi connectivity index (χ0v) is 19.7. The molecule has 1 aliphatic carbocycles. The van der Waals surface area contributed by atoms with Crippen LogP contribution in [0.5, 0.6) is 0 Å². The van der Waals surface area contributed by atoms with Gasteiger partial charge in [0.15, 0.2) is 5.78 Å². The van der Waals surface area contributed by atoms with Crippen LogP contribution in [0.15, 0.2) is 30.3 Å². The average Bonchev–Trinajstić information content (AvgIpc) is 3.28. The van der Waals surface area contributed by atoms with E-state index in [1.165, 1.54) is 16.5 Å². The highest BCUT2D eigenvalue weighted by molar-refractivity contribution is 6.11. The number of urea groups is 1. The van der Waals surface area contributed by atoms with Crippen LogP contribution in [0.1, 0.15) is 47.2 Å². The minimum absolute atomic E-state index is 0.00916. The number of amides is 3. The van der Waals surface area contributed by atoms with Crippen molar-refractivity contribution in [1.82, 2.24) is 14.7 Å².